The van der Waals surface area contributed by atoms with Crippen molar-refractivity contribution >= 4 is 17.2 Å². The summed E-state index contributed by atoms with van der Waals surface area (Å²) in [6.45, 7) is 3.16. The first kappa shape index (κ1) is 13.5. The van der Waals surface area contributed by atoms with Crippen LogP contribution in [0, 0.1) is 12.8 Å². The molecule has 0 radical (unpaired) electrons. The van der Waals surface area contributed by atoms with Crippen molar-refractivity contribution in [3.05, 3.63) is 21.9 Å². The third kappa shape index (κ3) is 4.08. The van der Waals surface area contributed by atoms with Crippen LogP contribution in [-0.2, 0) is 4.74 Å². The van der Waals surface area contributed by atoms with Crippen molar-refractivity contribution in [2.24, 2.45) is 5.92 Å². The van der Waals surface area contributed by atoms with Crippen LogP contribution in [0.5, 0.6) is 0 Å². The number of thiophene rings is 1. The second kappa shape index (κ2) is 6.31. The van der Waals surface area contributed by atoms with E-state index in [0.717, 1.165) is 12.2 Å². The molecule has 1 aliphatic carbocycles. The van der Waals surface area contributed by atoms with Gasteiger partial charge < -0.3 is 15.2 Å². The van der Waals surface area contributed by atoms with E-state index in [1.807, 2.05) is 17.7 Å². The number of rotatable bonds is 7. The Morgan fingerprint density at radius 1 is 1.61 bits per heavy atom. The molecule has 2 N–H and O–H groups in total. The Morgan fingerprint density at radius 2 is 2.39 bits per heavy atom. The molecule has 4 nitrogen and oxygen atoms in total. The molecule has 1 fully saturated rings. The summed E-state index contributed by atoms with van der Waals surface area (Å²) in [5.41, 5.74) is 1.66. The highest BCUT2D eigenvalue weighted by molar-refractivity contribution is 7.08. The highest BCUT2D eigenvalue weighted by atomic mass is 32.1. The van der Waals surface area contributed by atoms with Gasteiger partial charge in [-0.25, -0.2) is 0 Å². The highest BCUT2D eigenvalue weighted by Crippen LogP contribution is 2.28. The molecule has 0 spiro atoms. The summed E-state index contributed by atoms with van der Waals surface area (Å²) in [5.74, 6) is 0.565. The third-order valence-electron chi connectivity index (χ3n) is 2.96. The summed E-state index contributed by atoms with van der Waals surface area (Å²) in [7, 11) is 0. The third-order valence-corrected chi connectivity index (χ3v) is 3.82. The van der Waals surface area contributed by atoms with Gasteiger partial charge in [0.2, 0.25) is 0 Å². The van der Waals surface area contributed by atoms with Gasteiger partial charge in [0.15, 0.2) is 0 Å². The van der Waals surface area contributed by atoms with Gasteiger partial charge in [0.1, 0.15) is 0 Å². The lowest BCUT2D eigenvalue weighted by Crippen LogP contribution is -2.34. The lowest BCUT2D eigenvalue weighted by atomic mass is 10.2. The quantitative estimate of drug-likeness (QED) is 0.790. The number of ether oxygens (including phenoxy) is 1. The van der Waals surface area contributed by atoms with Crippen LogP contribution >= 0.6 is 11.3 Å². The van der Waals surface area contributed by atoms with Crippen LogP contribution in [0.2, 0.25) is 0 Å². The van der Waals surface area contributed by atoms with Gasteiger partial charge in [0.05, 0.1) is 18.3 Å². The lowest BCUT2D eigenvalue weighted by Gasteiger charge is -2.12. The Hall–Kier alpha value is -0.910. The fourth-order valence-electron chi connectivity index (χ4n) is 1.61. The molecular weight excluding hydrogens is 250 g/mol. The maximum absolute atomic E-state index is 11.8. The first-order valence-electron chi connectivity index (χ1n) is 6.23. The summed E-state index contributed by atoms with van der Waals surface area (Å²) in [4.78, 5) is 11.8. The normalized spacial score (nSPS) is 16.6. The van der Waals surface area contributed by atoms with Crippen LogP contribution in [0.25, 0.3) is 0 Å². The molecular formula is C13H19NO3S. The zero-order chi connectivity index (χ0) is 13.0. The average Bonchev–Trinajstić information content (AvgIpc) is 3.07. The Balaban J connectivity index is 1.63. The van der Waals surface area contributed by atoms with Gasteiger partial charge in [-0.05, 0) is 36.6 Å². The molecule has 18 heavy (non-hydrogen) atoms. The fourth-order valence-corrected chi connectivity index (χ4v) is 2.44. The van der Waals surface area contributed by atoms with Gasteiger partial charge in [-0.3, -0.25) is 4.79 Å². The topological polar surface area (TPSA) is 58.6 Å². The molecule has 0 aromatic carbocycles. The van der Waals surface area contributed by atoms with Crippen LogP contribution in [-0.4, -0.2) is 36.9 Å². The van der Waals surface area contributed by atoms with E-state index >= 15 is 0 Å². The summed E-state index contributed by atoms with van der Waals surface area (Å²) in [6, 6.07) is 0. The van der Waals surface area contributed by atoms with Gasteiger partial charge in [-0.15, -0.1) is 0 Å². The smallest absolute Gasteiger partial charge is 0.252 e. The number of carbonyl (C=O) groups is 1. The summed E-state index contributed by atoms with van der Waals surface area (Å²) in [6.07, 6.45) is 1.85. The van der Waals surface area contributed by atoms with E-state index < -0.39 is 6.10 Å². The molecule has 0 bridgehead atoms. The van der Waals surface area contributed by atoms with E-state index in [4.69, 9.17) is 4.74 Å². The average molecular weight is 269 g/mol. The van der Waals surface area contributed by atoms with Gasteiger partial charge in [-0.2, -0.15) is 11.3 Å². The van der Waals surface area contributed by atoms with E-state index in [1.165, 1.54) is 24.2 Å². The van der Waals surface area contributed by atoms with Crippen molar-refractivity contribution in [1.82, 2.24) is 5.32 Å². The van der Waals surface area contributed by atoms with E-state index in [1.54, 1.807) is 0 Å². The molecule has 1 unspecified atom stereocenters. The van der Waals surface area contributed by atoms with Crippen LogP contribution in [0.3, 0.4) is 0 Å². The number of carbonyl (C=O) groups excluding carboxylic acids is 1. The molecule has 0 aliphatic heterocycles. The van der Waals surface area contributed by atoms with Gasteiger partial charge in [0, 0.05) is 18.5 Å². The van der Waals surface area contributed by atoms with Crippen LogP contribution in [0.4, 0.5) is 0 Å². The van der Waals surface area contributed by atoms with Crippen molar-refractivity contribution in [1.29, 1.82) is 0 Å². The number of hydrogen-bond acceptors (Lipinski definition) is 4. The van der Waals surface area contributed by atoms with Crippen molar-refractivity contribution < 1.29 is 14.6 Å². The standard InChI is InChI=1S/C13H19NO3S/c1-9-7-18-8-12(9)13(16)14-4-11(15)6-17-5-10-2-3-10/h7-8,10-11,15H,2-6H2,1H3,(H,14,16). The predicted molar refractivity (Wildman–Crippen MR) is 70.9 cm³/mol. The Kier molecular flexibility index (Phi) is 4.74. The van der Waals surface area contributed by atoms with E-state index in [-0.39, 0.29) is 12.5 Å². The van der Waals surface area contributed by atoms with Crippen molar-refractivity contribution in [3.8, 4) is 0 Å². The number of hydrogen-bond donors (Lipinski definition) is 2. The molecule has 5 heteroatoms. The molecule has 1 aromatic rings. The highest BCUT2D eigenvalue weighted by Gasteiger charge is 2.21. The molecule has 2 rings (SSSR count). The van der Waals surface area contributed by atoms with E-state index in [2.05, 4.69) is 5.32 Å². The maximum Gasteiger partial charge on any atom is 0.252 e. The SMILES string of the molecule is Cc1cscc1C(=O)NCC(O)COCC1CC1. The molecule has 100 valence electrons. The number of aliphatic hydroxyl groups is 1. The first-order chi connectivity index (χ1) is 8.66. The summed E-state index contributed by atoms with van der Waals surface area (Å²) >= 11 is 1.50. The minimum Gasteiger partial charge on any atom is -0.389 e. The van der Waals surface area contributed by atoms with Crippen LogP contribution in [0.15, 0.2) is 10.8 Å². The molecule has 1 amide bonds. The molecule has 1 aliphatic rings. The fraction of sp³-hybridized carbons (Fsp3) is 0.615. The lowest BCUT2D eigenvalue weighted by molar-refractivity contribution is 0.0320. The molecule has 1 atom stereocenters. The second-order valence-corrected chi connectivity index (χ2v) is 5.56. The Bertz CT molecular complexity index is 401. The largest absolute Gasteiger partial charge is 0.389 e. The van der Waals surface area contributed by atoms with Crippen LogP contribution < -0.4 is 5.32 Å². The summed E-state index contributed by atoms with van der Waals surface area (Å²) < 4.78 is 5.37. The second-order valence-electron chi connectivity index (χ2n) is 4.81. The van der Waals surface area contributed by atoms with Crippen LogP contribution in [0.1, 0.15) is 28.8 Å². The minimum atomic E-state index is -0.633. The van der Waals surface area contributed by atoms with Gasteiger partial charge >= 0.3 is 0 Å². The predicted octanol–water partition coefficient (Wildman–Crippen LogP) is 1.57. The Labute approximate surface area is 111 Å². The summed E-state index contributed by atoms with van der Waals surface area (Å²) in [5, 5.41) is 16.1. The zero-order valence-corrected chi connectivity index (χ0v) is 11.3. The Morgan fingerprint density at radius 3 is 3.00 bits per heavy atom. The van der Waals surface area contributed by atoms with Crippen molar-refractivity contribution in [2.75, 3.05) is 19.8 Å². The molecule has 1 heterocycles. The number of nitrogens with one attached hydrogen (secondary N) is 1. The van der Waals surface area contributed by atoms with E-state index in [9.17, 15) is 9.90 Å². The maximum atomic E-state index is 11.8. The van der Waals surface area contributed by atoms with Crippen molar-refractivity contribution in [3.63, 3.8) is 0 Å². The minimum absolute atomic E-state index is 0.130. The first-order valence-corrected chi connectivity index (χ1v) is 7.18. The monoisotopic (exact) mass is 269 g/mol. The number of amides is 1. The molecule has 0 saturated heterocycles. The zero-order valence-electron chi connectivity index (χ0n) is 10.5. The molecule has 1 saturated carbocycles. The number of aryl methyl sites for hydroxylation is 1. The number of aliphatic hydroxyl groups excluding tert-OH is 1. The molecule has 1 aromatic heterocycles. The van der Waals surface area contributed by atoms with Gasteiger partial charge in [-0.1, -0.05) is 0 Å². The van der Waals surface area contributed by atoms with Gasteiger partial charge in [0.25, 0.3) is 5.91 Å². The van der Waals surface area contributed by atoms with E-state index in [0.29, 0.717) is 18.1 Å². The van der Waals surface area contributed by atoms with Crippen molar-refractivity contribution in [2.45, 2.75) is 25.9 Å².